The van der Waals surface area contributed by atoms with Crippen molar-refractivity contribution in [2.24, 2.45) is 0 Å². The zero-order valence-corrected chi connectivity index (χ0v) is 17.7. The molecular weight excluding hydrogens is 423 g/mol. The molecule has 28 heavy (non-hydrogen) atoms. The Bertz CT molecular complexity index is 931. The number of carbonyl (C=O) groups excluding carboxylic acids is 1. The fraction of sp³-hybridized carbons (Fsp3) is 0.421. The average Bonchev–Trinajstić information content (AvgIpc) is 3.23. The van der Waals surface area contributed by atoms with Crippen LogP contribution in [0.25, 0.3) is 0 Å². The fourth-order valence-corrected chi connectivity index (χ4v) is 5.72. The smallest absolute Gasteiger partial charge is 0.234 e. The first kappa shape index (κ1) is 21.2. The van der Waals surface area contributed by atoms with E-state index < -0.39 is 9.84 Å². The lowest BCUT2D eigenvalue weighted by Gasteiger charge is -2.27. The summed E-state index contributed by atoms with van der Waals surface area (Å²) in [5.74, 6) is 0.671. The van der Waals surface area contributed by atoms with E-state index in [4.69, 9.17) is 27.6 Å². The maximum absolute atomic E-state index is 12.7. The molecular formula is C19H22Cl2N2O4S. The number of benzene rings is 1. The van der Waals surface area contributed by atoms with Gasteiger partial charge in [0.2, 0.25) is 5.91 Å². The number of halogens is 2. The van der Waals surface area contributed by atoms with E-state index in [-0.39, 0.29) is 36.0 Å². The summed E-state index contributed by atoms with van der Waals surface area (Å²) in [5.41, 5.74) is 0.764. The monoisotopic (exact) mass is 444 g/mol. The quantitative estimate of drug-likeness (QED) is 0.706. The molecule has 2 atom stereocenters. The number of furan rings is 1. The highest BCUT2D eigenvalue weighted by atomic mass is 35.5. The third-order valence-corrected chi connectivity index (χ3v) is 7.13. The van der Waals surface area contributed by atoms with Crippen LogP contribution in [0.3, 0.4) is 0 Å². The zero-order chi connectivity index (χ0) is 20.3. The molecule has 1 saturated heterocycles. The molecule has 1 aromatic carbocycles. The van der Waals surface area contributed by atoms with Crippen LogP contribution in [0.5, 0.6) is 0 Å². The summed E-state index contributed by atoms with van der Waals surface area (Å²) in [6.07, 6.45) is 2.07. The van der Waals surface area contributed by atoms with Crippen LogP contribution < -0.4 is 5.32 Å². The Morgan fingerprint density at radius 1 is 1.36 bits per heavy atom. The van der Waals surface area contributed by atoms with Crippen molar-refractivity contribution in [3.63, 3.8) is 0 Å². The first-order valence-corrected chi connectivity index (χ1v) is 11.5. The number of nitrogens with one attached hydrogen (secondary N) is 1. The Hall–Kier alpha value is -1.54. The van der Waals surface area contributed by atoms with E-state index >= 15 is 0 Å². The standard InChI is InChI=1S/C19H22Cl2N2O4S/c1-13(17-5-4-14(20)9-18(17)21)22-19(24)11-23(10-16-3-2-7-27-16)15-6-8-28(25,26)12-15/h2-5,7,9,13,15H,6,8,10-12H2,1H3,(H,22,24)/t13-,15-/m1/s1. The minimum atomic E-state index is -3.06. The van der Waals surface area contributed by atoms with Crippen molar-refractivity contribution >= 4 is 38.9 Å². The van der Waals surface area contributed by atoms with Gasteiger partial charge in [0.15, 0.2) is 9.84 Å². The molecule has 1 fully saturated rings. The number of hydrogen-bond donors (Lipinski definition) is 1. The molecule has 1 amide bonds. The Morgan fingerprint density at radius 2 is 2.14 bits per heavy atom. The lowest BCUT2D eigenvalue weighted by atomic mass is 10.1. The van der Waals surface area contributed by atoms with Gasteiger partial charge in [-0.25, -0.2) is 8.42 Å². The lowest BCUT2D eigenvalue weighted by molar-refractivity contribution is -0.123. The number of hydrogen-bond acceptors (Lipinski definition) is 5. The molecule has 0 spiro atoms. The predicted molar refractivity (Wildman–Crippen MR) is 109 cm³/mol. The minimum Gasteiger partial charge on any atom is -0.468 e. The second kappa shape index (κ2) is 8.86. The Morgan fingerprint density at radius 3 is 2.75 bits per heavy atom. The van der Waals surface area contributed by atoms with E-state index in [1.807, 2.05) is 17.9 Å². The molecule has 0 unspecified atom stereocenters. The summed E-state index contributed by atoms with van der Waals surface area (Å²) in [4.78, 5) is 14.5. The summed E-state index contributed by atoms with van der Waals surface area (Å²) >= 11 is 12.1. The van der Waals surface area contributed by atoms with Crippen molar-refractivity contribution in [3.8, 4) is 0 Å². The van der Waals surface area contributed by atoms with Crippen molar-refractivity contribution in [1.82, 2.24) is 10.2 Å². The number of amides is 1. The van der Waals surface area contributed by atoms with E-state index in [0.29, 0.717) is 28.8 Å². The molecule has 1 aliphatic rings. The summed E-state index contributed by atoms with van der Waals surface area (Å²) < 4.78 is 29.2. The molecule has 6 nitrogen and oxygen atoms in total. The molecule has 0 radical (unpaired) electrons. The molecule has 1 aliphatic heterocycles. The zero-order valence-electron chi connectivity index (χ0n) is 15.4. The Kier molecular flexibility index (Phi) is 6.70. The highest BCUT2D eigenvalue weighted by Gasteiger charge is 2.33. The van der Waals surface area contributed by atoms with Gasteiger partial charge >= 0.3 is 0 Å². The number of carbonyl (C=O) groups is 1. The van der Waals surface area contributed by atoms with Crippen LogP contribution in [0.1, 0.15) is 30.7 Å². The van der Waals surface area contributed by atoms with Crippen molar-refractivity contribution in [2.75, 3.05) is 18.1 Å². The number of sulfone groups is 1. The average molecular weight is 445 g/mol. The second-order valence-electron chi connectivity index (χ2n) is 7.00. The van der Waals surface area contributed by atoms with Crippen LogP contribution in [0, 0.1) is 0 Å². The van der Waals surface area contributed by atoms with Crippen LogP contribution >= 0.6 is 23.2 Å². The minimum absolute atomic E-state index is 0.0551. The highest BCUT2D eigenvalue weighted by molar-refractivity contribution is 7.91. The van der Waals surface area contributed by atoms with Gasteiger partial charge in [-0.1, -0.05) is 29.3 Å². The van der Waals surface area contributed by atoms with Crippen molar-refractivity contribution in [2.45, 2.75) is 32.0 Å². The summed E-state index contributed by atoms with van der Waals surface area (Å²) in [7, 11) is -3.06. The Labute approximate surface area is 174 Å². The molecule has 0 saturated carbocycles. The van der Waals surface area contributed by atoms with E-state index in [2.05, 4.69) is 5.32 Å². The van der Waals surface area contributed by atoms with Gasteiger partial charge in [0.05, 0.1) is 36.9 Å². The first-order chi connectivity index (χ1) is 13.2. The van der Waals surface area contributed by atoms with Gasteiger partial charge in [0, 0.05) is 16.1 Å². The molecule has 152 valence electrons. The maximum atomic E-state index is 12.7. The van der Waals surface area contributed by atoms with Crippen molar-refractivity contribution in [3.05, 3.63) is 58.0 Å². The molecule has 1 aromatic heterocycles. The first-order valence-electron chi connectivity index (χ1n) is 8.94. The van der Waals surface area contributed by atoms with Crippen LogP contribution in [-0.4, -0.2) is 43.3 Å². The van der Waals surface area contributed by atoms with Crippen molar-refractivity contribution in [1.29, 1.82) is 0 Å². The van der Waals surface area contributed by atoms with Gasteiger partial charge in [-0.2, -0.15) is 0 Å². The van der Waals surface area contributed by atoms with Crippen LogP contribution in [-0.2, 0) is 21.2 Å². The van der Waals surface area contributed by atoms with E-state index in [1.165, 1.54) is 0 Å². The van der Waals surface area contributed by atoms with E-state index in [1.54, 1.807) is 30.5 Å². The molecule has 0 bridgehead atoms. The summed E-state index contributed by atoms with van der Waals surface area (Å²) in [6, 6.07) is 8.19. The SMILES string of the molecule is C[C@@H](NC(=O)CN(Cc1ccco1)[C@@H]1CCS(=O)(=O)C1)c1ccc(Cl)cc1Cl. The highest BCUT2D eigenvalue weighted by Crippen LogP contribution is 2.26. The van der Waals surface area contributed by atoms with Gasteiger partial charge in [-0.05, 0) is 43.2 Å². The largest absolute Gasteiger partial charge is 0.468 e. The van der Waals surface area contributed by atoms with Crippen LogP contribution in [0.4, 0.5) is 0 Å². The normalized spacial score (nSPS) is 19.6. The number of rotatable bonds is 7. The third kappa shape index (κ3) is 5.50. The second-order valence-corrected chi connectivity index (χ2v) is 10.1. The lowest BCUT2D eigenvalue weighted by Crippen LogP contribution is -2.43. The van der Waals surface area contributed by atoms with Gasteiger partial charge in [0.1, 0.15) is 5.76 Å². The predicted octanol–water partition coefficient (Wildman–Crippen LogP) is 3.45. The van der Waals surface area contributed by atoms with Gasteiger partial charge in [0.25, 0.3) is 0 Å². The van der Waals surface area contributed by atoms with Crippen LogP contribution in [0.2, 0.25) is 10.0 Å². The summed E-state index contributed by atoms with van der Waals surface area (Å²) in [6.45, 7) is 2.27. The van der Waals surface area contributed by atoms with E-state index in [9.17, 15) is 13.2 Å². The van der Waals surface area contributed by atoms with Gasteiger partial charge in [-0.3, -0.25) is 9.69 Å². The molecule has 9 heteroatoms. The topological polar surface area (TPSA) is 79.6 Å². The molecule has 2 aromatic rings. The molecule has 2 heterocycles. The van der Waals surface area contributed by atoms with Crippen molar-refractivity contribution < 1.29 is 17.6 Å². The van der Waals surface area contributed by atoms with E-state index in [0.717, 1.165) is 5.56 Å². The third-order valence-electron chi connectivity index (χ3n) is 4.82. The van der Waals surface area contributed by atoms with Crippen LogP contribution in [0.15, 0.2) is 41.0 Å². The molecule has 0 aliphatic carbocycles. The molecule has 3 rings (SSSR count). The fourth-order valence-electron chi connectivity index (χ4n) is 3.38. The molecule has 1 N–H and O–H groups in total. The van der Waals surface area contributed by atoms with Gasteiger partial charge in [-0.15, -0.1) is 0 Å². The number of nitrogens with zero attached hydrogens (tertiary/aromatic N) is 1. The van der Waals surface area contributed by atoms with Gasteiger partial charge < -0.3 is 9.73 Å². The Balaban J connectivity index is 1.68. The maximum Gasteiger partial charge on any atom is 0.234 e. The summed E-state index contributed by atoms with van der Waals surface area (Å²) in [5, 5.41) is 3.93.